The lowest BCUT2D eigenvalue weighted by atomic mass is 10.1. The summed E-state index contributed by atoms with van der Waals surface area (Å²) >= 11 is 0. The van der Waals surface area contributed by atoms with Crippen molar-refractivity contribution in [3.8, 4) is 11.3 Å². The van der Waals surface area contributed by atoms with Crippen molar-refractivity contribution in [2.45, 2.75) is 12.9 Å². The molecule has 0 spiro atoms. The van der Waals surface area contributed by atoms with Crippen LogP contribution in [0.2, 0.25) is 0 Å². The number of hydrogen-bond donors (Lipinski definition) is 1. The lowest BCUT2D eigenvalue weighted by Crippen LogP contribution is -2.18. The van der Waals surface area contributed by atoms with Crippen LogP contribution >= 0.6 is 0 Å². The van der Waals surface area contributed by atoms with Crippen LogP contribution in [0.1, 0.15) is 11.4 Å². The summed E-state index contributed by atoms with van der Waals surface area (Å²) in [6.45, 7) is -0.630. The van der Waals surface area contributed by atoms with Crippen molar-refractivity contribution in [2.24, 2.45) is 0 Å². The number of fused-ring (bicyclic) bond motifs is 1. The van der Waals surface area contributed by atoms with Crippen LogP contribution in [-0.2, 0) is 12.9 Å². The highest BCUT2D eigenvalue weighted by atomic mass is 19.4. The Morgan fingerprint density at radius 2 is 1.86 bits per heavy atom. The minimum absolute atomic E-state index is 0.222. The van der Waals surface area contributed by atoms with Crippen LogP contribution in [0.3, 0.4) is 0 Å². The first-order valence-electron chi connectivity index (χ1n) is 6.11. The normalized spacial score (nSPS) is 12.0. The summed E-state index contributed by atoms with van der Waals surface area (Å²) in [6.07, 6.45) is -4.73. The average molecular weight is 312 g/mol. The van der Waals surface area contributed by atoms with Gasteiger partial charge in [0.2, 0.25) is 0 Å². The first-order valence-corrected chi connectivity index (χ1v) is 6.11. The molecule has 0 bridgehead atoms. The molecule has 2 aromatic heterocycles. The molecule has 5 nitrogen and oxygen atoms in total. The predicted molar refractivity (Wildman–Crippen MR) is 68.9 cm³/mol. The summed E-state index contributed by atoms with van der Waals surface area (Å²) < 4.78 is 50.7. The van der Waals surface area contributed by atoms with E-state index in [-0.39, 0.29) is 11.3 Å². The fourth-order valence-corrected chi connectivity index (χ4v) is 1.95. The molecule has 3 rings (SSSR count). The van der Waals surface area contributed by atoms with E-state index in [9.17, 15) is 22.4 Å². The van der Waals surface area contributed by atoms with E-state index in [1.54, 1.807) is 12.1 Å². The Labute approximate surface area is 120 Å². The van der Waals surface area contributed by atoms with Crippen molar-refractivity contribution < 1.29 is 17.6 Å². The molecule has 1 aromatic carbocycles. The number of rotatable bonds is 2. The zero-order valence-corrected chi connectivity index (χ0v) is 10.9. The molecule has 22 heavy (non-hydrogen) atoms. The van der Waals surface area contributed by atoms with Crippen LogP contribution in [0.15, 0.2) is 35.1 Å². The summed E-state index contributed by atoms with van der Waals surface area (Å²) in [6, 6.07) is 7.41. The van der Waals surface area contributed by atoms with Crippen molar-refractivity contribution in [3.63, 3.8) is 0 Å². The third-order valence-electron chi connectivity index (χ3n) is 3.01. The Morgan fingerprint density at radius 1 is 1.18 bits per heavy atom. The lowest BCUT2D eigenvalue weighted by Gasteiger charge is -2.02. The highest BCUT2D eigenvalue weighted by molar-refractivity contribution is 5.63. The number of aromatic amines is 1. The van der Waals surface area contributed by atoms with Crippen LogP contribution < -0.4 is 5.69 Å². The molecule has 9 heteroatoms. The first kappa shape index (κ1) is 14.2. The number of H-pyrrole nitrogens is 1. The van der Waals surface area contributed by atoms with Gasteiger partial charge in [0.15, 0.2) is 5.65 Å². The Kier molecular flexibility index (Phi) is 3.19. The van der Waals surface area contributed by atoms with Crippen LogP contribution in [0, 0.1) is 0 Å². The lowest BCUT2D eigenvalue weighted by molar-refractivity contribution is -0.144. The first-order chi connectivity index (χ1) is 10.4. The summed E-state index contributed by atoms with van der Waals surface area (Å²) in [5.41, 5.74) is 0.178. The van der Waals surface area contributed by atoms with Gasteiger partial charge in [0.1, 0.15) is 6.67 Å². The highest BCUT2D eigenvalue weighted by Crippen LogP contribution is 2.26. The van der Waals surface area contributed by atoms with Crippen LogP contribution in [0.4, 0.5) is 17.6 Å². The molecule has 1 N–H and O–H groups in total. The minimum Gasteiger partial charge on any atom is -0.305 e. The van der Waals surface area contributed by atoms with E-state index in [0.717, 1.165) is 0 Å². The Hall–Kier alpha value is -2.71. The number of nitrogens with one attached hydrogen (secondary N) is 1. The topological polar surface area (TPSA) is 63.0 Å². The van der Waals surface area contributed by atoms with Gasteiger partial charge in [0.05, 0.1) is 5.69 Å². The quantitative estimate of drug-likeness (QED) is 0.740. The van der Waals surface area contributed by atoms with Gasteiger partial charge in [-0.1, -0.05) is 24.3 Å². The Balaban J connectivity index is 2.13. The van der Waals surface area contributed by atoms with Crippen LogP contribution in [0.25, 0.3) is 16.9 Å². The van der Waals surface area contributed by atoms with Crippen molar-refractivity contribution in [3.05, 3.63) is 52.2 Å². The molecule has 0 saturated heterocycles. The van der Waals surface area contributed by atoms with Crippen molar-refractivity contribution in [2.75, 3.05) is 0 Å². The molecule has 2 heterocycles. The van der Waals surface area contributed by atoms with Crippen molar-refractivity contribution in [1.82, 2.24) is 19.6 Å². The monoisotopic (exact) mass is 312 g/mol. The molecule has 0 aliphatic rings. The number of hydrogen-bond acceptors (Lipinski definition) is 3. The summed E-state index contributed by atoms with van der Waals surface area (Å²) in [5.74, 6) is -1.39. The fraction of sp³-hybridized carbons (Fsp3) is 0.154. The molecule has 0 radical (unpaired) electrons. The Morgan fingerprint density at radius 3 is 2.45 bits per heavy atom. The van der Waals surface area contributed by atoms with Crippen LogP contribution in [-0.4, -0.2) is 19.6 Å². The van der Waals surface area contributed by atoms with E-state index in [0.29, 0.717) is 15.6 Å². The summed E-state index contributed by atoms with van der Waals surface area (Å²) in [5, 5.41) is 3.13. The van der Waals surface area contributed by atoms with Gasteiger partial charge in [0.25, 0.3) is 5.82 Å². The third-order valence-corrected chi connectivity index (χ3v) is 3.01. The number of aromatic nitrogens is 4. The van der Waals surface area contributed by atoms with E-state index in [4.69, 9.17) is 0 Å². The Bertz CT molecular complexity index is 880. The molecule has 0 atom stereocenters. The fourth-order valence-electron chi connectivity index (χ4n) is 1.95. The molecule has 0 saturated carbocycles. The molecule has 0 fully saturated rings. The van der Waals surface area contributed by atoms with E-state index < -0.39 is 24.4 Å². The molecule has 0 aliphatic carbocycles. The predicted octanol–water partition coefficient (Wildman–Crippen LogP) is 2.57. The van der Waals surface area contributed by atoms with Gasteiger partial charge in [0, 0.05) is 6.07 Å². The average Bonchev–Trinajstić information content (AvgIpc) is 2.92. The number of halogens is 4. The molecular formula is C13H8F4N4O. The second kappa shape index (κ2) is 4.93. The van der Waals surface area contributed by atoms with Gasteiger partial charge in [-0.25, -0.2) is 14.2 Å². The smallest absolute Gasteiger partial charge is 0.305 e. The second-order valence-corrected chi connectivity index (χ2v) is 4.52. The van der Waals surface area contributed by atoms with E-state index >= 15 is 0 Å². The van der Waals surface area contributed by atoms with Crippen molar-refractivity contribution in [1.29, 1.82) is 0 Å². The number of benzene rings is 1. The SMILES string of the molecule is O=c1[nH]c(-c2ccc(CF)cc2)cc2nc(C(F)(F)F)nn12. The largest absolute Gasteiger partial charge is 0.453 e. The van der Waals surface area contributed by atoms with Crippen LogP contribution in [0.5, 0.6) is 0 Å². The summed E-state index contributed by atoms with van der Waals surface area (Å²) in [7, 11) is 0. The van der Waals surface area contributed by atoms with E-state index in [2.05, 4.69) is 15.1 Å². The molecule has 0 amide bonds. The molecule has 3 aromatic rings. The van der Waals surface area contributed by atoms with Gasteiger partial charge < -0.3 is 4.98 Å². The standard InChI is InChI=1S/C13H8F4N4O/c14-6-7-1-3-8(4-2-7)9-5-10-19-11(13(15,16)17)20-21(10)12(22)18-9/h1-5H,6H2,(H,18,22). The van der Waals surface area contributed by atoms with Gasteiger partial charge >= 0.3 is 11.9 Å². The van der Waals surface area contributed by atoms with E-state index in [1.165, 1.54) is 18.2 Å². The maximum atomic E-state index is 12.6. The van der Waals surface area contributed by atoms with Gasteiger partial charge in [-0.05, 0) is 11.1 Å². The zero-order valence-electron chi connectivity index (χ0n) is 10.9. The third kappa shape index (κ3) is 2.45. The maximum Gasteiger partial charge on any atom is 0.453 e. The molecule has 114 valence electrons. The van der Waals surface area contributed by atoms with Gasteiger partial charge in [-0.3, -0.25) is 0 Å². The molecular weight excluding hydrogens is 304 g/mol. The minimum atomic E-state index is -4.73. The van der Waals surface area contributed by atoms with E-state index in [1.807, 2.05) is 0 Å². The number of nitrogens with zero attached hydrogens (tertiary/aromatic N) is 3. The maximum absolute atomic E-state index is 12.6. The number of alkyl halides is 4. The second-order valence-electron chi connectivity index (χ2n) is 4.52. The zero-order chi connectivity index (χ0) is 15.9. The summed E-state index contributed by atoms with van der Waals surface area (Å²) in [4.78, 5) is 17.5. The highest BCUT2D eigenvalue weighted by Gasteiger charge is 2.36. The van der Waals surface area contributed by atoms with Gasteiger partial charge in [-0.2, -0.15) is 17.7 Å². The van der Waals surface area contributed by atoms with Crippen molar-refractivity contribution >= 4 is 5.65 Å². The molecule has 0 unspecified atom stereocenters. The van der Waals surface area contributed by atoms with Gasteiger partial charge in [-0.15, -0.1) is 5.10 Å². The molecule has 0 aliphatic heterocycles.